The average molecular weight is 316 g/mol. The van der Waals surface area contributed by atoms with Gasteiger partial charge in [-0.25, -0.2) is 0 Å². The second kappa shape index (κ2) is 6.67. The molecule has 0 heterocycles. The number of rotatable bonds is 4. The van der Waals surface area contributed by atoms with E-state index in [2.05, 4.69) is 0 Å². The number of benzene rings is 2. The molecule has 0 aliphatic heterocycles. The minimum Gasteiger partial charge on any atom is -0.397 e. The average Bonchev–Trinajstić information content (AvgIpc) is 2.61. The van der Waals surface area contributed by atoms with Crippen LogP contribution >= 0.6 is 0 Å². The lowest BCUT2D eigenvalue weighted by Gasteiger charge is -2.24. The van der Waals surface area contributed by atoms with Crippen LogP contribution in [0.25, 0.3) is 0 Å². The molecule has 2 aromatic rings. The Hall–Kier alpha value is -2.94. The third-order valence-electron chi connectivity index (χ3n) is 4.34. The number of nitrogens with one attached hydrogen (secondary N) is 1. The van der Waals surface area contributed by atoms with Crippen molar-refractivity contribution < 1.29 is 4.79 Å². The molecule has 2 aromatic carbocycles. The summed E-state index contributed by atoms with van der Waals surface area (Å²) in [5.41, 5.74) is 10.2. The van der Waals surface area contributed by atoms with Gasteiger partial charge in [0.25, 0.3) is 0 Å². The van der Waals surface area contributed by atoms with E-state index in [0.717, 1.165) is 5.56 Å². The first-order valence-corrected chi connectivity index (χ1v) is 7.97. The Morgan fingerprint density at radius 2 is 1.71 bits per heavy atom. The monoisotopic (exact) mass is 316 g/mol. The van der Waals surface area contributed by atoms with Gasteiger partial charge in [0, 0.05) is 17.1 Å². The van der Waals surface area contributed by atoms with E-state index in [-0.39, 0.29) is 11.7 Å². The Labute approximate surface area is 142 Å². The SMILES string of the molecule is Cc1ccc(CC2C(=N)C(N)=CC=C2C(=O)c2ccccc2)cc1. The van der Waals surface area contributed by atoms with Crippen molar-refractivity contribution in [3.63, 3.8) is 0 Å². The lowest BCUT2D eigenvalue weighted by molar-refractivity contribution is 0.102. The van der Waals surface area contributed by atoms with Crippen molar-refractivity contribution >= 4 is 11.5 Å². The smallest absolute Gasteiger partial charge is 0.189 e. The van der Waals surface area contributed by atoms with Crippen LogP contribution in [-0.2, 0) is 6.42 Å². The van der Waals surface area contributed by atoms with Gasteiger partial charge in [-0.15, -0.1) is 0 Å². The molecule has 0 fully saturated rings. The van der Waals surface area contributed by atoms with Gasteiger partial charge in [0.05, 0.1) is 11.4 Å². The maximum atomic E-state index is 12.9. The Bertz CT molecular complexity index is 830. The van der Waals surface area contributed by atoms with Crippen LogP contribution in [0.5, 0.6) is 0 Å². The molecule has 3 N–H and O–H groups in total. The van der Waals surface area contributed by atoms with E-state index in [9.17, 15) is 4.79 Å². The highest BCUT2D eigenvalue weighted by Gasteiger charge is 2.29. The molecule has 0 bridgehead atoms. The number of carbonyl (C=O) groups is 1. The van der Waals surface area contributed by atoms with Gasteiger partial charge in [-0.1, -0.05) is 66.2 Å². The minimum atomic E-state index is -0.314. The number of Topliss-reactive ketones (excluding diaryl/α,β-unsaturated/α-hetero) is 1. The fourth-order valence-corrected chi connectivity index (χ4v) is 2.90. The van der Waals surface area contributed by atoms with Crippen LogP contribution < -0.4 is 5.73 Å². The predicted octanol–water partition coefficient (Wildman–Crippen LogP) is 3.84. The summed E-state index contributed by atoms with van der Waals surface area (Å²) in [7, 11) is 0. The summed E-state index contributed by atoms with van der Waals surface area (Å²) in [6.45, 7) is 2.04. The van der Waals surface area contributed by atoms with E-state index in [4.69, 9.17) is 11.1 Å². The third-order valence-corrected chi connectivity index (χ3v) is 4.34. The molecule has 120 valence electrons. The number of hydrogen-bond acceptors (Lipinski definition) is 3. The Balaban J connectivity index is 1.94. The van der Waals surface area contributed by atoms with Crippen molar-refractivity contribution in [3.05, 3.63) is 94.7 Å². The largest absolute Gasteiger partial charge is 0.397 e. The molecule has 0 spiro atoms. The van der Waals surface area contributed by atoms with Crippen molar-refractivity contribution in [1.29, 1.82) is 5.41 Å². The summed E-state index contributed by atoms with van der Waals surface area (Å²) in [6.07, 6.45) is 4.02. The summed E-state index contributed by atoms with van der Waals surface area (Å²) in [4.78, 5) is 12.9. The molecule has 1 aliphatic rings. The number of aryl methyl sites for hydroxylation is 1. The van der Waals surface area contributed by atoms with Crippen LogP contribution in [0.3, 0.4) is 0 Å². The van der Waals surface area contributed by atoms with Gasteiger partial charge in [0.1, 0.15) is 0 Å². The normalized spacial score (nSPS) is 17.2. The molecule has 0 aromatic heterocycles. The van der Waals surface area contributed by atoms with Crippen LogP contribution in [0.2, 0.25) is 0 Å². The number of carbonyl (C=O) groups excluding carboxylic acids is 1. The highest BCUT2D eigenvalue weighted by atomic mass is 16.1. The molecular weight excluding hydrogens is 296 g/mol. The van der Waals surface area contributed by atoms with Crippen LogP contribution in [0.1, 0.15) is 21.5 Å². The Morgan fingerprint density at radius 3 is 2.38 bits per heavy atom. The van der Waals surface area contributed by atoms with Gasteiger partial charge < -0.3 is 11.1 Å². The van der Waals surface area contributed by atoms with Crippen LogP contribution in [0.4, 0.5) is 0 Å². The van der Waals surface area contributed by atoms with Crippen molar-refractivity contribution in [2.24, 2.45) is 11.7 Å². The molecular formula is C21H20N2O. The molecule has 0 saturated carbocycles. The van der Waals surface area contributed by atoms with Gasteiger partial charge in [-0.2, -0.15) is 0 Å². The maximum Gasteiger partial charge on any atom is 0.189 e. The molecule has 3 nitrogen and oxygen atoms in total. The number of ketones is 1. The summed E-state index contributed by atoms with van der Waals surface area (Å²) in [5.74, 6) is -0.355. The van der Waals surface area contributed by atoms with E-state index >= 15 is 0 Å². The van der Waals surface area contributed by atoms with Crippen molar-refractivity contribution in [2.75, 3.05) is 0 Å². The first kappa shape index (κ1) is 15.9. The van der Waals surface area contributed by atoms with Gasteiger partial charge in [0.2, 0.25) is 0 Å². The quantitative estimate of drug-likeness (QED) is 0.842. The number of nitrogens with two attached hydrogens (primary N) is 1. The second-order valence-corrected chi connectivity index (χ2v) is 6.10. The zero-order chi connectivity index (χ0) is 17.1. The maximum absolute atomic E-state index is 12.9. The molecule has 1 atom stereocenters. The molecule has 1 aliphatic carbocycles. The summed E-state index contributed by atoms with van der Waals surface area (Å²) >= 11 is 0. The lowest BCUT2D eigenvalue weighted by atomic mass is 9.80. The zero-order valence-corrected chi connectivity index (χ0v) is 13.6. The van der Waals surface area contributed by atoms with Crippen molar-refractivity contribution in [1.82, 2.24) is 0 Å². The van der Waals surface area contributed by atoms with Gasteiger partial charge in [0.15, 0.2) is 5.78 Å². The van der Waals surface area contributed by atoms with Gasteiger partial charge >= 0.3 is 0 Å². The number of allylic oxidation sites excluding steroid dienone is 4. The fourth-order valence-electron chi connectivity index (χ4n) is 2.90. The standard InChI is InChI=1S/C21H20N2O/c1-14-7-9-15(10-8-14)13-18-17(11-12-19(22)20(18)23)21(24)16-5-3-2-4-6-16/h2-12,18,23H,13,22H2,1H3. The fraction of sp³-hybridized carbons (Fsp3) is 0.143. The molecule has 0 amide bonds. The minimum absolute atomic E-state index is 0.0405. The van der Waals surface area contributed by atoms with E-state index in [1.807, 2.05) is 49.4 Å². The van der Waals surface area contributed by atoms with E-state index < -0.39 is 0 Å². The topological polar surface area (TPSA) is 66.9 Å². The first-order valence-electron chi connectivity index (χ1n) is 7.97. The molecule has 0 saturated heterocycles. The zero-order valence-electron chi connectivity index (χ0n) is 13.6. The molecule has 3 heteroatoms. The molecule has 1 unspecified atom stereocenters. The highest BCUT2D eigenvalue weighted by Crippen LogP contribution is 2.27. The van der Waals surface area contributed by atoms with Crippen molar-refractivity contribution in [3.8, 4) is 0 Å². The Kier molecular flexibility index (Phi) is 4.43. The number of hydrogen-bond donors (Lipinski definition) is 2. The van der Waals surface area contributed by atoms with E-state index in [1.54, 1.807) is 24.3 Å². The van der Waals surface area contributed by atoms with Crippen molar-refractivity contribution in [2.45, 2.75) is 13.3 Å². The summed E-state index contributed by atoms with van der Waals surface area (Å²) in [5, 5.41) is 8.34. The lowest BCUT2D eigenvalue weighted by Crippen LogP contribution is -2.30. The summed E-state index contributed by atoms with van der Waals surface area (Å²) < 4.78 is 0. The summed E-state index contributed by atoms with van der Waals surface area (Å²) in [6, 6.07) is 17.4. The molecule has 3 rings (SSSR count). The first-order chi connectivity index (χ1) is 11.6. The van der Waals surface area contributed by atoms with E-state index in [0.29, 0.717) is 29.0 Å². The Morgan fingerprint density at radius 1 is 1.04 bits per heavy atom. The molecule has 0 radical (unpaired) electrons. The third kappa shape index (κ3) is 3.20. The van der Waals surface area contributed by atoms with Gasteiger partial charge in [-0.3, -0.25) is 4.79 Å². The second-order valence-electron chi connectivity index (χ2n) is 6.10. The van der Waals surface area contributed by atoms with Gasteiger partial charge in [-0.05, 0) is 25.0 Å². The molecule has 24 heavy (non-hydrogen) atoms. The highest BCUT2D eigenvalue weighted by molar-refractivity contribution is 6.16. The van der Waals surface area contributed by atoms with Crippen LogP contribution in [0.15, 0.2) is 78.0 Å². The van der Waals surface area contributed by atoms with E-state index in [1.165, 1.54) is 5.56 Å². The predicted molar refractivity (Wildman–Crippen MR) is 97.2 cm³/mol. The van der Waals surface area contributed by atoms with Crippen LogP contribution in [-0.4, -0.2) is 11.5 Å². The van der Waals surface area contributed by atoms with Crippen LogP contribution in [0, 0.1) is 18.3 Å².